The zero-order chi connectivity index (χ0) is 24.9. The van der Waals surface area contributed by atoms with E-state index in [9.17, 15) is 14.0 Å². The van der Waals surface area contributed by atoms with Crippen LogP contribution in [0.15, 0.2) is 66.7 Å². The molecule has 0 radical (unpaired) electrons. The van der Waals surface area contributed by atoms with Gasteiger partial charge in [-0.25, -0.2) is 4.39 Å². The van der Waals surface area contributed by atoms with Crippen molar-refractivity contribution in [2.24, 2.45) is 0 Å². The zero-order valence-electron chi connectivity index (χ0n) is 20.0. The van der Waals surface area contributed by atoms with Gasteiger partial charge < -0.3 is 20.3 Å². The number of rotatable bonds is 8. The Morgan fingerprint density at radius 1 is 1.03 bits per heavy atom. The number of esters is 1. The summed E-state index contributed by atoms with van der Waals surface area (Å²) in [6.07, 6.45) is 0.769. The fourth-order valence-corrected chi connectivity index (χ4v) is 4.11. The Hall–Kier alpha value is -3.97. The first-order chi connectivity index (χ1) is 16.8. The second-order valence-corrected chi connectivity index (χ2v) is 8.73. The molecule has 1 aliphatic rings. The SMILES string of the molecule is COC(=O)CCc1cccc(/C(Nc2ccc(CN(C)C)cc2)=C2/C(=O)Nc3cc(F)ccc32)c1. The van der Waals surface area contributed by atoms with Crippen molar-refractivity contribution in [3.05, 3.63) is 94.8 Å². The smallest absolute Gasteiger partial charge is 0.305 e. The van der Waals surface area contributed by atoms with E-state index in [1.165, 1.54) is 24.8 Å². The predicted molar refractivity (Wildman–Crippen MR) is 136 cm³/mol. The first-order valence-electron chi connectivity index (χ1n) is 11.4. The maximum atomic E-state index is 13.8. The first-order valence-corrected chi connectivity index (χ1v) is 11.4. The molecule has 0 saturated heterocycles. The van der Waals surface area contributed by atoms with Crippen LogP contribution in [-0.2, 0) is 27.3 Å². The molecular formula is C28H28FN3O3. The molecule has 4 rings (SSSR count). The summed E-state index contributed by atoms with van der Waals surface area (Å²) in [7, 11) is 5.40. The molecule has 0 aliphatic carbocycles. The third-order valence-corrected chi connectivity index (χ3v) is 5.76. The van der Waals surface area contributed by atoms with Crippen molar-refractivity contribution in [1.82, 2.24) is 4.90 Å². The zero-order valence-corrected chi connectivity index (χ0v) is 20.0. The Balaban J connectivity index is 1.76. The number of benzene rings is 3. The molecule has 0 fully saturated rings. The fraction of sp³-hybridized carbons (Fsp3) is 0.214. The highest BCUT2D eigenvalue weighted by molar-refractivity contribution is 6.37. The number of methoxy groups -OCH3 is 1. The third kappa shape index (κ3) is 5.75. The highest BCUT2D eigenvalue weighted by atomic mass is 19.1. The summed E-state index contributed by atoms with van der Waals surface area (Å²) in [6.45, 7) is 0.817. The van der Waals surface area contributed by atoms with E-state index in [2.05, 4.69) is 15.5 Å². The van der Waals surface area contributed by atoms with E-state index in [0.717, 1.165) is 23.4 Å². The summed E-state index contributed by atoms with van der Waals surface area (Å²) in [4.78, 5) is 26.8. The van der Waals surface area contributed by atoms with Gasteiger partial charge in [-0.2, -0.15) is 0 Å². The average Bonchev–Trinajstić information content (AvgIpc) is 3.16. The van der Waals surface area contributed by atoms with Crippen molar-refractivity contribution in [1.29, 1.82) is 0 Å². The molecule has 3 aromatic carbocycles. The normalized spacial score (nSPS) is 13.9. The Morgan fingerprint density at radius 3 is 2.51 bits per heavy atom. The van der Waals surface area contributed by atoms with E-state index < -0.39 is 5.82 Å². The van der Waals surface area contributed by atoms with Crippen LogP contribution in [0.3, 0.4) is 0 Å². The highest BCUT2D eigenvalue weighted by Crippen LogP contribution is 2.38. The number of carbonyl (C=O) groups excluding carboxylic acids is 2. The van der Waals surface area contributed by atoms with Gasteiger partial charge in [0.25, 0.3) is 5.91 Å². The van der Waals surface area contributed by atoms with Crippen LogP contribution in [0.25, 0.3) is 11.3 Å². The molecule has 6 nitrogen and oxygen atoms in total. The highest BCUT2D eigenvalue weighted by Gasteiger charge is 2.29. The standard InChI is InChI=1S/C28H28FN3O3/c1-32(2)17-19-7-11-22(12-8-19)30-27(20-6-4-5-18(15-20)9-14-25(33)35-3)26-23-13-10-21(29)16-24(23)31-28(26)34/h4-8,10-13,15-16,30H,9,14,17H2,1-3H3,(H,31,34)/b27-26-. The van der Waals surface area contributed by atoms with E-state index in [1.54, 1.807) is 6.07 Å². The summed E-state index contributed by atoms with van der Waals surface area (Å²) in [5, 5.41) is 6.20. The van der Waals surface area contributed by atoms with Crippen LogP contribution in [0.4, 0.5) is 15.8 Å². The molecular weight excluding hydrogens is 445 g/mol. The second-order valence-electron chi connectivity index (χ2n) is 8.73. The number of halogens is 1. The van der Waals surface area contributed by atoms with E-state index in [-0.39, 0.29) is 18.3 Å². The minimum atomic E-state index is -0.416. The first kappa shape index (κ1) is 24.2. The minimum absolute atomic E-state index is 0.259. The number of aryl methyl sites for hydroxylation is 1. The molecule has 3 aromatic rings. The Labute approximate surface area is 204 Å². The summed E-state index contributed by atoms with van der Waals surface area (Å²) < 4.78 is 18.6. The van der Waals surface area contributed by atoms with Gasteiger partial charge in [0.2, 0.25) is 0 Å². The van der Waals surface area contributed by atoms with Crippen LogP contribution in [0, 0.1) is 5.82 Å². The van der Waals surface area contributed by atoms with Crippen LogP contribution in [0.2, 0.25) is 0 Å². The number of fused-ring (bicyclic) bond motifs is 1. The molecule has 0 aromatic heterocycles. The van der Waals surface area contributed by atoms with E-state index >= 15 is 0 Å². The van der Waals surface area contributed by atoms with Crippen LogP contribution in [0.5, 0.6) is 0 Å². The monoisotopic (exact) mass is 473 g/mol. The maximum absolute atomic E-state index is 13.8. The Kier molecular flexibility index (Phi) is 7.27. The Morgan fingerprint density at radius 2 is 1.80 bits per heavy atom. The van der Waals surface area contributed by atoms with Gasteiger partial charge in [0.1, 0.15) is 5.82 Å². The summed E-state index contributed by atoms with van der Waals surface area (Å²) in [6, 6.07) is 20.0. The van der Waals surface area contributed by atoms with Gasteiger partial charge in [0, 0.05) is 24.2 Å². The van der Waals surface area contributed by atoms with Crippen LogP contribution >= 0.6 is 0 Å². The molecule has 0 bridgehead atoms. The lowest BCUT2D eigenvalue weighted by atomic mass is 9.97. The summed E-state index contributed by atoms with van der Waals surface area (Å²) in [5.74, 6) is -1.01. The number of anilines is 2. The molecule has 180 valence electrons. The third-order valence-electron chi connectivity index (χ3n) is 5.76. The van der Waals surface area contributed by atoms with Crippen LogP contribution in [0.1, 0.15) is 28.7 Å². The van der Waals surface area contributed by atoms with Gasteiger partial charge in [0.05, 0.1) is 24.1 Å². The number of amides is 1. The topological polar surface area (TPSA) is 70.7 Å². The van der Waals surface area contributed by atoms with Crippen molar-refractivity contribution in [2.45, 2.75) is 19.4 Å². The van der Waals surface area contributed by atoms with Gasteiger partial charge in [-0.15, -0.1) is 0 Å². The Bertz CT molecular complexity index is 1280. The number of hydrogen-bond acceptors (Lipinski definition) is 5. The molecule has 0 atom stereocenters. The molecule has 7 heteroatoms. The second kappa shape index (κ2) is 10.5. The number of nitrogens with zero attached hydrogens (tertiary/aromatic N) is 1. The van der Waals surface area contributed by atoms with Crippen LogP contribution < -0.4 is 10.6 Å². The van der Waals surface area contributed by atoms with Gasteiger partial charge in [0.15, 0.2) is 0 Å². The summed E-state index contributed by atoms with van der Waals surface area (Å²) in [5.41, 5.74) is 5.81. The molecule has 1 heterocycles. The molecule has 0 unspecified atom stereocenters. The van der Waals surface area contributed by atoms with Crippen molar-refractivity contribution < 1.29 is 18.7 Å². The fourth-order valence-electron chi connectivity index (χ4n) is 4.11. The van der Waals surface area contributed by atoms with Gasteiger partial charge in [-0.3, -0.25) is 9.59 Å². The van der Waals surface area contributed by atoms with E-state index in [4.69, 9.17) is 4.74 Å². The molecule has 0 spiro atoms. The van der Waals surface area contributed by atoms with Crippen molar-refractivity contribution in [3.8, 4) is 0 Å². The van der Waals surface area contributed by atoms with Crippen LogP contribution in [-0.4, -0.2) is 38.0 Å². The largest absolute Gasteiger partial charge is 0.469 e. The molecule has 0 saturated carbocycles. The molecule has 1 aliphatic heterocycles. The number of nitrogens with one attached hydrogen (secondary N) is 2. The minimum Gasteiger partial charge on any atom is -0.469 e. The number of hydrogen-bond donors (Lipinski definition) is 2. The average molecular weight is 474 g/mol. The van der Waals surface area contributed by atoms with Gasteiger partial charge >= 0.3 is 5.97 Å². The van der Waals surface area contributed by atoms with Gasteiger partial charge in [-0.05, 0) is 73.6 Å². The van der Waals surface area contributed by atoms with Gasteiger partial charge in [-0.1, -0.05) is 30.3 Å². The number of carbonyl (C=O) groups is 2. The lowest BCUT2D eigenvalue weighted by Gasteiger charge is -2.17. The van der Waals surface area contributed by atoms with Crippen molar-refractivity contribution >= 4 is 34.5 Å². The van der Waals surface area contributed by atoms with Crippen molar-refractivity contribution in [3.63, 3.8) is 0 Å². The van der Waals surface area contributed by atoms with Crippen molar-refractivity contribution in [2.75, 3.05) is 31.8 Å². The van der Waals surface area contributed by atoms with E-state index in [1.807, 2.05) is 62.6 Å². The maximum Gasteiger partial charge on any atom is 0.305 e. The summed E-state index contributed by atoms with van der Waals surface area (Å²) >= 11 is 0. The van der Waals surface area contributed by atoms with E-state index in [0.29, 0.717) is 28.9 Å². The lowest BCUT2D eigenvalue weighted by Crippen LogP contribution is -2.11. The molecule has 2 N–H and O–H groups in total. The molecule has 35 heavy (non-hydrogen) atoms. The number of ether oxygens (including phenoxy) is 1. The predicted octanol–water partition coefficient (Wildman–Crippen LogP) is 4.93. The quantitative estimate of drug-likeness (QED) is 0.359. The molecule has 1 amide bonds. The lowest BCUT2D eigenvalue weighted by molar-refractivity contribution is -0.140.